The fourth-order valence-electron chi connectivity index (χ4n) is 1.31. The van der Waals surface area contributed by atoms with E-state index in [9.17, 15) is 14.7 Å². The molecule has 0 radical (unpaired) electrons. The molecule has 7 heteroatoms. The molecule has 1 aromatic rings. The number of carboxylic acid groups (broad SMARTS) is 1. The summed E-state index contributed by atoms with van der Waals surface area (Å²) in [6.07, 6.45) is -1.20. The second-order valence-electron chi connectivity index (χ2n) is 3.87. The van der Waals surface area contributed by atoms with Crippen molar-refractivity contribution in [3.8, 4) is 5.75 Å². The van der Waals surface area contributed by atoms with Crippen molar-refractivity contribution in [2.45, 2.75) is 19.1 Å². The molecule has 0 aliphatic carbocycles. The van der Waals surface area contributed by atoms with Gasteiger partial charge in [0.05, 0.1) is 6.10 Å². The summed E-state index contributed by atoms with van der Waals surface area (Å²) < 4.78 is 5.14. The van der Waals surface area contributed by atoms with E-state index in [0.717, 1.165) is 0 Å². The summed E-state index contributed by atoms with van der Waals surface area (Å²) in [6.45, 7) is 0.910. The molecule has 0 bridgehead atoms. The topological polar surface area (TPSA) is 95.9 Å². The predicted molar refractivity (Wildman–Crippen MR) is 68.2 cm³/mol. The monoisotopic (exact) mass is 287 g/mol. The van der Waals surface area contributed by atoms with Crippen molar-refractivity contribution in [2.24, 2.45) is 0 Å². The minimum absolute atomic E-state index is 0.364. The minimum atomic E-state index is -1.37. The first kappa shape index (κ1) is 15.3. The molecule has 0 heterocycles. The number of carbonyl (C=O) groups excluding carboxylic acids is 1. The van der Waals surface area contributed by atoms with Gasteiger partial charge in [-0.25, -0.2) is 4.79 Å². The molecule has 1 aromatic carbocycles. The molecule has 0 saturated carbocycles. The molecule has 19 heavy (non-hydrogen) atoms. The summed E-state index contributed by atoms with van der Waals surface area (Å²) in [5.74, 6) is -1.56. The lowest BCUT2D eigenvalue weighted by Crippen LogP contribution is -2.49. The molecular weight excluding hydrogens is 274 g/mol. The molecule has 6 nitrogen and oxygen atoms in total. The van der Waals surface area contributed by atoms with Gasteiger partial charge < -0.3 is 20.3 Å². The molecule has 0 fully saturated rings. The summed E-state index contributed by atoms with van der Waals surface area (Å²) in [7, 11) is 0. The Balaban J connectivity index is 2.49. The minimum Gasteiger partial charge on any atom is -0.484 e. The maximum Gasteiger partial charge on any atom is 0.328 e. The smallest absolute Gasteiger partial charge is 0.328 e. The van der Waals surface area contributed by atoms with Crippen molar-refractivity contribution >= 4 is 23.5 Å². The third-order valence-electron chi connectivity index (χ3n) is 2.23. The predicted octanol–water partition coefficient (Wildman–Crippen LogP) is 0.669. The second kappa shape index (κ2) is 6.96. The van der Waals surface area contributed by atoms with Crippen LogP contribution in [0.4, 0.5) is 0 Å². The van der Waals surface area contributed by atoms with Crippen molar-refractivity contribution in [1.82, 2.24) is 5.32 Å². The summed E-state index contributed by atoms with van der Waals surface area (Å²) >= 11 is 5.74. The van der Waals surface area contributed by atoms with Gasteiger partial charge in [0.25, 0.3) is 5.91 Å². The average Bonchev–Trinajstić information content (AvgIpc) is 2.32. The number of hydrogen-bond acceptors (Lipinski definition) is 4. The first-order valence-electron chi connectivity index (χ1n) is 5.48. The Labute approximate surface area is 114 Å². The average molecular weight is 288 g/mol. The number of aliphatic hydroxyl groups excluding tert-OH is 1. The molecule has 2 unspecified atom stereocenters. The van der Waals surface area contributed by atoms with E-state index in [2.05, 4.69) is 5.32 Å². The molecular formula is C12H14ClNO5. The zero-order chi connectivity index (χ0) is 14.4. The number of ether oxygens (including phenoxy) is 1. The van der Waals surface area contributed by atoms with Crippen LogP contribution in [0, 0.1) is 0 Å². The zero-order valence-electron chi connectivity index (χ0n) is 10.2. The third-order valence-corrected chi connectivity index (χ3v) is 2.47. The van der Waals surface area contributed by atoms with E-state index in [4.69, 9.17) is 21.4 Å². The SMILES string of the molecule is CC(O)C(NC(=O)COc1cccc(Cl)c1)C(=O)O. The van der Waals surface area contributed by atoms with E-state index in [1.165, 1.54) is 13.0 Å². The summed E-state index contributed by atoms with van der Waals surface area (Å²) in [5.41, 5.74) is 0. The van der Waals surface area contributed by atoms with Gasteiger partial charge in [-0.3, -0.25) is 4.79 Å². The lowest BCUT2D eigenvalue weighted by Gasteiger charge is -2.17. The van der Waals surface area contributed by atoms with E-state index < -0.39 is 24.0 Å². The van der Waals surface area contributed by atoms with Crippen molar-refractivity contribution in [2.75, 3.05) is 6.61 Å². The highest BCUT2D eigenvalue weighted by Gasteiger charge is 2.24. The second-order valence-corrected chi connectivity index (χ2v) is 4.31. The highest BCUT2D eigenvalue weighted by molar-refractivity contribution is 6.30. The van der Waals surface area contributed by atoms with Gasteiger partial charge >= 0.3 is 5.97 Å². The summed E-state index contributed by atoms with van der Waals surface area (Å²) in [4.78, 5) is 22.2. The molecule has 104 valence electrons. The molecule has 0 aliphatic heterocycles. The zero-order valence-corrected chi connectivity index (χ0v) is 10.9. The molecule has 1 rings (SSSR count). The van der Waals surface area contributed by atoms with Gasteiger partial charge in [-0.2, -0.15) is 0 Å². The van der Waals surface area contributed by atoms with Crippen LogP contribution in [0.2, 0.25) is 5.02 Å². The van der Waals surface area contributed by atoms with Gasteiger partial charge in [0.1, 0.15) is 5.75 Å². The van der Waals surface area contributed by atoms with Crippen LogP contribution < -0.4 is 10.1 Å². The lowest BCUT2D eigenvalue weighted by molar-refractivity contribution is -0.145. The van der Waals surface area contributed by atoms with Crippen LogP contribution in [0.25, 0.3) is 0 Å². The number of carboxylic acids is 1. The van der Waals surface area contributed by atoms with Crippen LogP contribution in [-0.4, -0.2) is 40.8 Å². The number of benzene rings is 1. The summed E-state index contributed by atoms with van der Waals surface area (Å²) in [5, 5.41) is 20.6. The first-order valence-corrected chi connectivity index (χ1v) is 5.86. The van der Waals surface area contributed by atoms with E-state index in [1.54, 1.807) is 18.2 Å². The van der Waals surface area contributed by atoms with Crippen molar-refractivity contribution < 1.29 is 24.5 Å². The number of aliphatic hydroxyl groups is 1. The molecule has 0 aromatic heterocycles. The molecule has 0 saturated heterocycles. The largest absolute Gasteiger partial charge is 0.484 e. The van der Waals surface area contributed by atoms with E-state index in [0.29, 0.717) is 10.8 Å². The van der Waals surface area contributed by atoms with Crippen LogP contribution in [0.1, 0.15) is 6.92 Å². The number of nitrogens with one attached hydrogen (secondary N) is 1. The fraction of sp³-hybridized carbons (Fsp3) is 0.333. The number of carbonyl (C=O) groups is 2. The van der Waals surface area contributed by atoms with Gasteiger partial charge in [0.2, 0.25) is 0 Å². The Bertz CT molecular complexity index is 463. The third kappa shape index (κ3) is 5.15. The molecule has 0 aliphatic rings. The standard InChI is InChI=1S/C12H14ClNO5/c1-7(15)11(12(17)18)14-10(16)6-19-9-4-2-3-8(13)5-9/h2-5,7,11,15H,6H2,1H3,(H,14,16)(H,17,18). The Kier molecular flexibility index (Phi) is 5.59. The Morgan fingerprint density at radius 1 is 1.47 bits per heavy atom. The number of amides is 1. The van der Waals surface area contributed by atoms with Crippen LogP contribution in [0.3, 0.4) is 0 Å². The van der Waals surface area contributed by atoms with Crippen molar-refractivity contribution in [3.05, 3.63) is 29.3 Å². The van der Waals surface area contributed by atoms with E-state index >= 15 is 0 Å². The number of hydrogen-bond donors (Lipinski definition) is 3. The Morgan fingerprint density at radius 3 is 2.68 bits per heavy atom. The highest BCUT2D eigenvalue weighted by atomic mass is 35.5. The number of rotatable bonds is 6. The first-order chi connectivity index (χ1) is 8.90. The van der Waals surface area contributed by atoms with Gasteiger partial charge in [0, 0.05) is 5.02 Å². The van der Waals surface area contributed by atoms with Crippen LogP contribution in [-0.2, 0) is 9.59 Å². The number of halogens is 1. The summed E-state index contributed by atoms with van der Waals surface area (Å²) in [6, 6.07) is 5.09. The normalized spacial score (nSPS) is 13.4. The molecule has 3 N–H and O–H groups in total. The van der Waals surface area contributed by atoms with Gasteiger partial charge in [0.15, 0.2) is 12.6 Å². The Morgan fingerprint density at radius 2 is 2.16 bits per heavy atom. The van der Waals surface area contributed by atoms with Crippen LogP contribution in [0.5, 0.6) is 5.75 Å². The molecule has 0 spiro atoms. The molecule has 1 amide bonds. The van der Waals surface area contributed by atoms with Crippen LogP contribution in [0.15, 0.2) is 24.3 Å². The van der Waals surface area contributed by atoms with Crippen molar-refractivity contribution in [1.29, 1.82) is 0 Å². The van der Waals surface area contributed by atoms with Crippen molar-refractivity contribution in [3.63, 3.8) is 0 Å². The lowest BCUT2D eigenvalue weighted by atomic mass is 10.2. The molecule has 2 atom stereocenters. The number of aliphatic carboxylic acids is 1. The van der Waals surface area contributed by atoms with Gasteiger partial charge in [-0.1, -0.05) is 17.7 Å². The maximum absolute atomic E-state index is 11.5. The fourth-order valence-corrected chi connectivity index (χ4v) is 1.49. The maximum atomic E-state index is 11.5. The van der Waals surface area contributed by atoms with E-state index in [1.807, 2.05) is 0 Å². The Hall–Kier alpha value is -1.79. The van der Waals surface area contributed by atoms with Gasteiger partial charge in [-0.15, -0.1) is 0 Å². The van der Waals surface area contributed by atoms with Gasteiger partial charge in [-0.05, 0) is 25.1 Å². The highest BCUT2D eigenvalue weighted by Crippen LogP contribution is 2.16. The quantitative estimate of drug-likeness (QED) is 0.715. The van der Waals surface area contributed by atoms with E-state index in [-0.39, 0.29) is 6.61 Å². The van der Waals surface area contributed by atoms with Crippen LogP contribution >= 0.6 is 11.6 Å².